The summed E-state index contributed by atoms with van der Waals surface area (Å²) in [5, 5.41) is 16.4. The summed E-state index contributed by atoms with van der Waals surface area (Å²) in [5.41, 5.74) is 10.3. The Hall–Kier alpha value is -5.79. The van der Waals surface area contributed by atoms with E-state index in [4.69, 9.17) is 4.42 Å². The molecule has 3 aromatic heterocycles. The van der Waals surface area contributed by atoms with Crippen molar-refractivity contribution in [3.63, 3.8) is 0 Å². The lowest BCUT2D eigenvalue weighted by molar-refractivity contribution is 0.669. The fraction of sp³-hybridized carbons (Fsp3) is 0.0263. The maximum absolute atomic E-state index is 9.58. The standard InChI is InChI=1S/C38H23N3O/c1-23-10-14-35-29(18-23)30-19-24(22-39)11-15-36(30)41(35)26-13-17-38-32(21-26)31-20-25(12-16-37(31)42-38)40-33-8-4-2-6-27(33)28-7-3-5-9-34(28)40/h2-21H,1H3. The van der Waals surface area contributed by atoms with Crippen molar-refractivity contribution in [1.29, 1.82) is 5.26 Å². The molecule has 0 amide bonds. The number of aryl methyl sites for hydroxylation is 1. The van der Waals surface area contributed by atoms with Gasteiger partial charge in [0, 0.05) is 43.7 Å². The molecule has 0 saturated carbocycles. The maximum Gasteiger partial charge on any atom is 0.135 e. The van der Waals surface area contributed by atoms with Crippen LogP contribution in [0.4, 0.5) is 0 Å². The van der Waals surface area contributed by atoms with E-state index in [0.29, 0.717) is 5.56 Å². The minimum Gasteiger partial charge on any atom is -0.456 e. The first-order chi connectivity index (χ1) is 20.7. The summed E-state index contributed by atoms with van der Waals surface area (Å²) in [6.07, 6.45) is 0. The number of nitriles is 1. The summed E-state index contributed by atoms with van der Waals surface area (Å²) in [7, 11) is 0. The normalized spacial score (nSPS) is 11.9. The highest BCUT2D eigenvalue weighted by Crippen LogP contribution is 2.38. The van der Waals surface area contributed by atoms with E-state index in [0.717, 1.165) is 55.1 Å². The molecule has 0 radical (unpaired) electrons. The molecule has 0 atom stereocenters. The molecule has 0 aliphatic heterocycles. The molecule has 3 heterocycles. The van der Waals surface area contributed by atoms with Crippen LogP contribution < -0.4 is 0 Å². The quantitative estimate of drug-likeness (QED) is 0.220. The second kappa shape index (κ2) is 8.36. The highest BCUT2D eigenvalue weighted by Gasteiger charge is 2.17. The Morgan fingerprint density at radius 2 is 1.02 bits per heavy atom. The molecule has 0 aliphatic carbocycles. The van der Waals surface area contributed by atoms with Crippen molar-refractivity contribution in [2.45, 2.75) is 6.92 Å². The molecule has 0 saturated heterocycles. The molecule has 4 nitrogen and oxygen atoms in total. The fourth-order valence-corrected chi connectivity index (χ4v) is 6.72. The second-order valence-corrected chi connectivity index (χ2v) is 11.0. The number of rotatable bonds is 2. The number of furan rings is 1. The first-order valence-electron chi connectivity index (χ1n) is 14.1. The third-order valence-corrected chi connectivity index (χ3v) is 8.58. The number of para-hydroxylation sites is 2. The molecule has 0 spiro atoms. The highest BCUT2D eigenvalue weighted by atomic mass is 16.3. The van der Waals surface area contributed by atoms with Gasteiger partial charge >= 0.3 is 0 Å². The van der Waals surface area contributed by atoms with E-state index in [2.05, 4.69) is 131 Å². The van der Waals surface area contributed by atoms with Crippen molar-refractivity contribution in [2.24, 2.45) is 0 Å². The van der Waals surface area contributed by atoms with E-state index in [1.165, 1.54) is 27.4 Å². The fourth-order valence-electron chi connectivity index (χ4n) is 6.72. The molecule has 6 aromatic carbocycles. The van der Waals surface area contributed by atoms with E-state index in [1.54, 1.807) is 0 Å². The molecule has 0 unspecified atom stereocenters. The summed E-state index contributed by atoms with van der Waals surface area (Å²) in [6.45, 7) is 2.11. The van der Waals surface area contributed by atoms with Crippen molar-refractivity contribution in [2.75, 3.05) is 0 Å². The number of nitrogens with zero attached hydrogens (tertiary/aromatic N) is 3. The monoisotopic (exact) mass is 537 g/mol. The Kier molecular flexibility index (Phi) is 4.57. The SMILES string of the molecule is Cc1ccc2c(c1)c1cc(C#N)ccc1n2-c1ccc2oc3ccc(-n4c5ccccc5c5ccccc54)cc3c2c1. The third-order valence-electron chi connectivity index (χ3n) is 8.58. The van der Waals surface area contributed by atoms with Crippen molar-refractivity contribution in [3.8, 4) is 17.4 Å². The lowest BCUT2D eigenvalue weighted by Gasteiger charge is -2.09. The van der Waals surface area contributed by atoms with E-state index in [9.17, 15) is 5.26 Å². The van der Waals surface area contributed by atoms with Crippen LogP contribution in [0.2, 0.25) is 0 Å². The minimum absolute atomic E-state index is 0.664. The van der Waals surface area contributed by atoms with Crippen molar-refractivity contribution < 1.29 is 4.42 Å². The van der Waals surface area contributed by atoms with Gasteiger partial charge in [0.2, 0.25) is 0 Å². The van der Waals surface area contributed by atoms with Crippen LogP contribution in [0.5, 0.6) is 0 Å². The number of fused-ring (bicyclic) bond motifs is 9. The lowest BCUT2D eigenvalue weighted by Crippen LogP contribution is -1.94. The van der Waals surface area contributed by atoms with Crippen molar-refractivity contribution in [1.82, 2.24) is 9.13 Å². The molecular formula is C38H23N3O. The van der Waals surface area contributed by atoms with Crippen LogP contribution in [0.25, 0.3) is 76.9 Å². The molecule has 0 bridgehead atoms. The van der Waals surface area contributed by atoms with Gasteiger partial charge in [-0.1, -0.05) is 48.0 Å². The molecule has 4 heteroatoms. The molecule has 196 valence electrons. The van der Waals surface area contributed by atoms with Crippen LogP contribution >= 0.6 is 0 Å². The lowest BCUT2D eigenvalue weighted by atomic mass is 10.1. The zero-order valence-corrected chi connectivity index (χ0v) is 22.8. The summed E-state index contributed by atoms with van der Waals surface area (Å²) in [6, 6.07) is 44.8. The Labute approximate surface area is 240 Å². The van der Waals surface area contributed by atoms with Gasteiger partial charge in [0.1, 0.15) is 11.2 Å². The Bertz CT molecular complexity index is 2550. The van der Waals surface area contributed by atoms with Crippen LogP contribution in [-0.2, 0) is 0 Å². The summed E-state index contributed by atoms with van der Waals surface area (Å²) in [4.78, 5) is 0. The Morgan fingerprint density at radius 1 is 0.500 bits per heavy atom. The van der Waals surface area contributed by atoms with Gasteiger partial charge in [-0.05, 0) is 85.8 Å². The predicted molar refractivity (Wildman–Crippen MR) is 172 cm³/mol. The number of hydrogen-bond donors (Lipinski definition) is 0. The largest absolute Gasteiger partial charge is 0.456 e. The first kappa shape index (κ1) is 23.0. The van der Waals surface area contributed by atoms with E-state index < -0.39 is 0 Å². The topological polar surface area (TPSA) is 46.8 Å². The van der Waals surface area contributed by atoms with E-state index >= 15 is 0 Å². The molecular weight excluding hydrogens is 514 g/mol. The number of aromatic nitrogens is 2. The van der Waals surface area contributed by atoms with Crippen molar-refractivity contribution in [3.05, 3.63) is 132 Å². The summed E-state index contributed by atoms with van der Waals surface area (Å²) >= 11 is 0. The first-order valence-corrected chi connectivity index (χ1v) is 14.1. The number of benzene rings is 6. The van der Waals surface area contributed by atoms with Crippen LogP contribution in [0, 0.1) is 18.3 Å². The average Bonchev–Trinajstić information content (AvgIpc) is 3.67. The van der Waals surface area contributed by atoms with Gasteiger partial charge in [-0.15, -0.1) is 0 Å². The average molecular weight is 538 g/mol. The maximum atomic E-state index is 9.58. The Balaban J connectivity index is 1.31. The van der Waals surface area contributed by atoms with Crippen molar-refractivity contribution >= 4 is 65.6 Å². The zero-order chi connectivity index (χ0) is 27.9. The number of hydrogen-bond acceptors (Lipinski definition) is 2. The summed E-state index contributed by atoms with van der Waals surface area (Å²) < 4.78 is 11.0. The van der Waals surface area contributed by atoms with Crippen LogP contribution in [-0.4, -0.2) is 9.13 Å². The third kappa shape index (κ3) is 3.11. The van der Waals surface area contributed by atoms with Gasteiger partial charge in [0.15, 0.2) is 0 Å². The van der Waals surface area contributed by atoms with Crippen LogP contribution in [0.3, 0.4) is 0 Å². The highest BCUT2D eigenvalue weighted by molar-refractivity contribution is 6.12. The second-order valence-electron chi connectivity index (χ2n) is 11.0. The predicted octanol–water partition coefficient (Wildman–Crippen LogP) is 9.96. The molecule has 0 aliphatic rings. The molecule has 9 aromatic rings. The van der Waals surface area contributed by atoms with Crippen LogP contribution in [0.1, 0.15) is 11.1 Å². The van der Waals surface area contributed by atoms with E-state index in [1.807, 2.05) is 12.1 Å². The van der Waals surface area contributed by atoms with Gasteiger partial charge in [-0.2, -0.15) is 5.26 Å². The minimum atomic E-state index is 0.664. The van der Waals surface area contributed by atoms with Gasteiger partial charge < -0.3 is 13.6 Å². The van der Waals surface area contributed by atoms with Gasteiger partial charge in [0.25, 0.3) is 0 Å². The summed E-state index contributed by atoms with van der Waals surface area (Å²) in [5.74, 6) is 0. The van der Waals surface area contributed by atoms with Crippen LogP contribution in [0.15, 0.2) is 126 Å². The van der Waals surface area contributed by atoms with Gasteiger partial charge in [-0.25, -0.2) is 0 Å². The molecule has 0 fully saturated rings. The zero-order valence-electron chi connectivity index (χ0n) is 22.8. The smallest absolute Gasteiger partial charge is 0.135 e. The molecule has 42 heavy (non-hydrogen) atoms. The molecule has 9 rings (SSSR count). The van der Waals surface area contributed by atoms with Gasteiger partial charge in [-0.3, -0.25) is 0 Å². The Morgan fingerprint density at radius 3 is 1.62 bits per heavy atom. The molecule has 0 N–H and O–H groups in total. The van der Waals surface area contributed by atoms with E-state index in [-0.39, 0.29) is 0 Å². The van der Waals surface area contributed by atoms with Gasteiger partial charge in [0.05, 0.1) is 33.7 Å².